The van der Waals surface area contributed by atoms with E-state index in [4.69, 9.17) is 0 Å². The van der Waals surface area contributed by atoms with Gasteiger partial charge in [-0.05, 0) is 12.5 Å². The normalized spacial score (nSPS) is 10.6. The number of rotatable bonds is 5. The molecule has 3 aromatic rings. The summed E-state index contributed by atoms with van der Waals surface area (Å²) in [7, 11) is 1.74. The molecular weight excluding hydrogens is 322 g/mol. The molecule has 0 unspecified atom stereocenters. The second-order valence-corrected chi connectivity index (χ2v) is 6.59. The smallest absolute Gasteiger partial charge is 0.322 e. The number of aromatic nitrogens is 3. The lowest BCUT2D eigenvalue weighted by molar-refractivity contribution is 0.220. The predicted octanol–water partition coefficient (Wildman–Crippen LogP) is 3.36. The number of nitrogens with zero attached hydrogens (tertiary/aromatic N) is 4. The second kappa shape index (κ2) is 7.27. The maximum Gasteiger partial charge on any atom is 0.323 e. The Labute approximate surface area is 144 Å². The molecule has 0 aliphatic rings. The van der Waals surface area contributed by atoms with E-state index in [-0.39, 0.29) is 6.03 Å². The van der Waals surface area contributed by atoms with Crippen molar-refractivity contribution in [2.45, 2.75) is 20.0 Å². The number of nitrogens with one attached hydrogen (secondary N) is 1. The first-order chi connectivity index (χ1) is 11.6. The summed E-state index contributed by atoms with van der Waals surface area (Å²) in [6, 6.07) is 11.7. The van der Waals surface area contributed by atoms with E-state index in [0.717, 1.165) is 16.3 Å². The first-order valence-electron chi connectivity index (χ1n) is 7.60. The van der Waals surface area contributed by atoms with Crippen LogP contribution in [0.4, 0.5) is 10.6 Å². The molecule has 0 atom stereocenters. The quantitative estimate of drug-likeness (QED) is 0.774. The van der Waals surface area contributed by atoms with Crippen molar-refractivity contribution < 1.29 is 4.79 Å². The zero-order valence-electron chi connectivity index (χ0n) is 13.6. The van der Waals surface area contributed by atoms with Gasteiger partial charge in [0, 0.05) is 24.7 Å². The van der Waals surface area contributed by atoms with Gasteiger partial charge in [-0.2, -0.15) is 5.10 Å². The van der Waals surface area contributed by atoms with Crippen LogP contribution in [-0.4, -0.2) is 32.7 Å². The molecule has 6 nitrogen and oxygen atoms in total. The molecule has 0 fully saturated rings. The molecule has 2 heterocycles. The zero-order chi connectivity index (χ0) is 16.9. The molecular formula is C17H19N5OS. The number of benzene rings is 1. The number of anilines is 1. The van der Waals surface area contributed by atoms with Gasteiger partial charge in [-0.3, -0.25) is 10.00 Å². The fourth-order valence-electron chi connectivity index (χ4n) is 2.29. The fourth-order valence-corrected chi connectivity index (χ4v) is 2.89. The number of urea groups is 1. The lowest BCUT2D eigenvalue weighted by Crippen LogP contribution is -2.31. The minimum Gasteiger partial charge on any atom is -0.322 e. The molecule has 24 heavy (non-hydrogen) atoms. The number of hydrogen-bond acceptors (Lipinski definition) is 4. The van der Waals surface area contributed by atoms with E-state index in [1.54, 1.807) is 34.0 Å². The number of hydrogen-bond donors (Lipinski definition) is 1. The molecule has 124 valence electrons. The molecule has 0 radical (unpaired) electrons. The van der Waals surface area contributed by atoms with E-state index in [9.17, 15) is 4.79 Å². The summed E-state index contributed by atoms with van der Waals surface area (Å²) in [4.78, 5) is 18.2. The molecule has 0 bridgehead atoms. The summed E-state index contributed by atoms with van der Waals surface area (Å²) in [6.07, 6.45) is 1.85. The monoisotopic (exact) mass is 341 g/mol. The van der Waals surface area contributed by atoms with Crippen LogP contribution in [0.5, 0.6) is 0 Å². The summed E-state index contributed by atoms with van der Waals surface area (Å²) in [5.74, 6) is 0.539. The van der Waals surface area contributed by atoms with Crippen LogP contribution in [0.1, 0.15) is 16.3 Å². The van der Waals surface area contributed by atoms with Gasteiger partial charge in [-0.15, -0.1) is 11.3 Å². The highest BCUT2D eigenvalue weighted by Gasteiger charge is 2.12. The van der Waals surface area contributed by atoms with E-state index in [2.05, 4.69) is 15.4 Å². The van der Waals surface area contributed by atoms with Crippen LogP contribution < -0.4 is 5.32 Å². The van der Waals surface area contributed by atoms with Gasteiger partial charge >= 0.3 is 6.03 Å². The third-order valence-corrected chi connectivity index (χ3v) is 4.30. The van der Waals surface area contributed by atoms with Crippen molar-refractivity contribution in [3.8, 4) is 0 Å². The Morgan fingerprint density at radius 2 is 2.08 bits per heavy atom. The van der Waals surface area contributed by atoms with Gasteiger partial charge < -0.3 is 4.90 Å². The minimum atomic E-state index is -0.203. The Kier molecular flexibility index (Phi) is 4.90. The van der Waals surface area contributed by atoms with E-state index < -0.39 is 0 Å². The van der Waals surface area contributed by atoms with Crippen LogP contribution in [0.3, 0.4) is 0 Å². The van der Waals surface area contributed by atoms with Crippen LogP contribution in [0.15, 0.2) is 48.0 Å². The molecule has 7 heteroatoms. The standard InChI is InChI=1S/C17H19N5OS/c1-13-18-15(12-24-13)11-21(2)17(23)19-16-8-9-22(20-16)10-14-6-4-3-5-7-14/h3-9,12H,10-11H2,1-2H3,(H,19,20,23). The van der Waals surface area contributed by atoms with Gasteiger partial charge in [0.25, 0.3) is 0 Å². The van der Waals surface area contributed by atoms with Gasteiger partial charge in [0.05, 0.1) is 23.8 Å². The van der Waals surface area contributed by atoms with E-state index in [0.29, 0.717) is 18.9 Å². The topological polar surface area (TPSA) is 63.1 Å². The molecule has 2 amide bonds. The third kappa shape index (κ3) is 4.20. The fraction of sp³-hybridized carbons (Fsp3) is 0.235. The molecule has 0 aliphatic carbocycles. The van der Waals surface area contributed by atoms with Crippen molar-refractivity contribution in [3.63, 3.8) is 0 Å². The Morgan fingerprint density at radius 1 is 1.29 bits per heavy atom. The highest BCUT2D eigenvalue weighted by atomic mass is 32.1. The van der Waals surface area contributed by atoms with Crippen molar-refractivity contribution in [1.29, 1.82) is 0 Å². The Morgan fingerprint density at radius 3 is 2.79 bits per heavy atom. The van der Waals surface area contributed by atoms with Gasteiger partial charge in [-0.25, -0.2) is 9.78 Å². The lowest BCUT2D eigenvalue weighted by Gasteiger charge is -2.15. The molecule has 1 aromatic carbocycles. The van der Waals surface area contributed by atoms with Crippen LogP contribution >= 0.6 is 11.3 Å². The van der Waals surface area contributed by atoms with Crippen molar-refractivity contribution in [3.05, 3.63) is 64.2 Å². The number of carbonyl (C=O) groups is 1. The van der Waals surface area contributed by atoms with Crippen molar-refractivity contribution in [2.24, 2.45) is 0 Å². The summed E-state index contributed by atoms with van der Waals surface area (Å²) >= 11 is 1.58. The summed E-state index contributed by atoms with van der Waals surface area (Å²) in [5, 5.41) is 10.2. The second-order valence-electron chi connectivity index (χ2n) is 5.53. The summed E-state index contributed by atoms with van der Waals surface area (Å²) in [5.41, 5.74) is 2.05. The van der Waals surface area contributed by atoms with Crippen LogP contribution in [-0.2, 0) is 13.1 Å². The van der Waals surface area contributed by atoms with Gasteiger partial charge in [-0.1, -0.05) is 30.3 Å². The van der Waals surface area contributed by atoms with Gasteiger partial charge in [0.2, 0.25) is 0 Å². The Balaban J connectivity index is 1.56. The maximum absolute atomic E-state index is 12.2. The molecule has 2 aromatic heterocycles. The van der Waals surface area contributed by atoms with E-state index >= 15 is 0 Å². The van der Waals surface area contributed by atoms with E-state index in [1.165, 1.54) is 0 Å². The highest BCUT2D eigenvalue weighted by molar-refractivity contribution is 7.09. The number of thiazole rings is 1. The first-order valence-corrected chi connectivity index (χ1v) is 8.48. The van der Waals surface area contributed by atoms with Crippen molar-refractivity contribution in [2.75, 3.05) is 12.4 Å². The summed E-state index contributed by atoms with van der Waals surface area (Å²) < 4.78 is 1.80. The number of amides is 2. The van der Waals surface area contributed by atoms with Crippen LogP contribution in [0.2, 0.25) is 0 Å². The average molecular weight is 341 g/mol. The largest absolute Gasteiger partial charge is 0.323 e. The molecule has 0 aliphatic heterocycles. The maximum atomic E-state index is 12.2. The van der Waals surface area contributed by atoms with Crippen molar-refractivity contribution in [1.82, 2.24) is 19.7 Å². The lowest BCUT2D eigenvalue weighted by atomic mass is 10.2. The van der Waals surface area contributed by atoms with Gasteiger partial charge in [0.15, 0.2) is 5.82 Å². The Bertz CT molecular complexity index is 811. The van der Waals surface area contributed by atoms with Crippen LogP contribution in [0, 0.1) is 6.92 Å². The number of aryl methyl sites for hydroxylation is 1. The van der Waals surface area contributed by atoms with E-state index in [1.807, 2.05) is 48.8 Å². The zero-order valence-corrected chi connectivity index (χ0v) is 14.5. The molecule has 0 spiro atoms. The molecule has 1 N–H and O–H groups in total. The van der Waals surface area contributed by atoms with Gasteiger partial charge in [0.1, 0.15) is 0 Å². The predicted molar refractivity (Wildman–Crippen MR) is 95.1 cm³/mol. The first kappa shape index (κ1) is 16.2. The minimum absolute atomic E-state index is 0.203. The highest BCUT2D eigenvalue weighted by Crippen LogP contribution is 2.11. The van der Waals surface area contributed by atoms with Crippen molar-refractivity contribution >= 4 is 23.2 Å². The molecule has 3 rings (SSSR count). The molecule has 0 saturated carbocycles. The van der Waals surface area contributed by atoms with Crippen LogP contribution in [0.25, 0.3) is 0 Å². The number of carbonyl (C=O) groups excluding carboxylic acids is 1. The molecule has 0 saturated heterocycles. The third-order valence-electron chi connectivity index (χ3n) is 3.48. The SMILES string of the molecule is Cc1nc(CN(C)C(=O)Nc2ccn(Cc3ccccc3)n2)cs1. The average Bonchev–Trinajstić information content (AvgIpc) is 3.17. The Hall–Kier alpha value is -2.67. The summed E-state index contributed by atoms with van der Waals surface area (Å²) in [6.45, 7) is 3.10.